The lowest BCUT2D eigenvalue weighted by molar-refractivity contribution is 0.199. The zero-order chi connectivity index (χ0) is 13.8. The van der Waals surface area contributed by atoms with Gasteiger partial charge in [0, 0.05) is 50.3 Å². The van der Waals surface area contributed by atoms with E-state index < -0.39 is 0 Å². The fourth-order valence-electron chi connectivity index (χ4n) is 2.01. The molecule has 0 unspecified atom stereocenters. The van der Waals surface area contributed by atoms with Crippen molar-refractivity contribution in [2.24, 2.45) is 0 Å². The Morgan fingerprint density at radius 2 is 2.15 bits per heavy atom. The van der Waals surface area contributed by atoms with E-state index in [2.05, 4.69) is 26.4 Å². The molecule has 2 heterocycles. The number of rotatable bonds is 7. The van der Waals surface area contributed by atoms with Gasteiger partial charge in [-0.25, -0.2) is 14.6 Å². The molecule has 20 heavy (non-hydrogen) atoms. The third kappa shape index (κ3) is 3.20. The number of hydrogen-bond acceptors (Lipinski definition) is 5. The summed E-state index contributed by atoms with van der Waals surface area (Å²) in [6.45, 7) is 2.27. The average molecular weight is 273 g/mol. The van der Waals surface area contributed by atoms with E-state index in [0.717, 1.165) is 24.3 Å². The summed E-state index contributed by atoms with van der Waals surface area (Å²) < 4.78 is 6.72. The number of ether oxygens (including phenoxy) is 1. The van der Waals surface area contributed by atoms with Crippen LogP contribution in [0.1, 0.15) is 30.0 Å². The first-order valence-corrected chi connectivity index (χ1v) is 6.93. The van der Waals surface area contributed by atoms with E-state index in [1.807, 2.05) is 18.6 Å². The van der Waals surface area contributed by atoms with Gasteiger partial charge in [-0.15, -0.1) is 0 Å². The lowest BCUT2D eigenvalue weighted by atomic mass is 10.3. The Bertz CT molecular complexity index is 547. The molecule has 0 atom stereocenters. The summed E-state index contributed by atoms with van der Waals surface area (Å²) in [4.78, 5) is 8.72. The summed E-state index contributed by atoms with van der Waals surface area (Å²) in [6, 6.07) is 2.06. The van der Waals surface area contributed by atoms with E-state index in [1.54, 1.807) is 11.8 Å². The van der Waals surface area contributed by atoms with Gasteiger partial charge in [-0.05, 0) is 18.9 Å². The molecular weight excluding hydrogens is 254 g/mol. The molecule has 0 bridgehead atoms. The highest BCUT2D eigenvalue weighted by atomic mass is 16.5. The highest BCUT2D eigenvalue weighted by Gasteiger charge is 2.26. The number of hydrogen-bond donors (Lipinski definition) is 1. The van der Waals surface area contributed by atoms with Crippen LogP contribution in [-0.4, -0.2) is 40.0 Å². The maximum absolute atomic E-state index is 4.98. The zero-order valence-corrected chi connectivity index (χ0v) is 11.6. The molecule has 0 amide bonds. The van der Waals surface area contributed by atoms with Crippen molar-refractivity contribution < 1.29 is 4.74 Å². The molecule has 6 heteroatoms. The van der Waals surface area contributed by atoms with Crippen LogP contribution in [0.25, 0.3) is 5.95 Å². The van der Waals surface area contributed by atoms with Crippen LogP contribution in [0, 0.1) is 0 Å². The number of aromatic nitrogens is 4. The van der Waals surface area contributed by atoms with Crippen molar-refractivity contribution in [1.29, 1.82) is 0 Å². The monoisotopic (exact) mass is 273 g/mol. The third-order valence-electron chi connectivity index (χ3n) is 3.31. The topological polar surface area (TPSA) is 64.9 Å². The van der Waals surface area contributed by atoms with Crippen molar-refractivity contribution in [2.75, 3.05) is 20.3 Å². The molecule has 1 fully saturated rings. The highest BCUT2D eigenvalue weighted by molar-refractivity contribution is 5.18. The third-order valence-corrected chi connectivity index (χ3v) is 3.31. The van der Waals surface area contributed by atoms with Gasteiger partial charge in [0.2, 0.25) is 5.95 Å². The van der Waals surface area contributed by atoms with Crippen molar-refractivity contribution in [1.82, 2.24) is 25.1 Å². The second-order valence-electron chi connectivity index (χ2n) is 5.02. The summed E-state index contributed by atoms with van der Waals surface area (Å²) in [6.07, 6.45) is 8.11. The second kappa shape index (κ2) is 6.11. The Morgan fingerprint density at radius 3 is 2.85 bits per heavy atom. The standard InChI is InChI=1S/C14H19N5O/c1-20-7-5-15-8-11-9-16-14(17-10-11)19-6-4-13(18-19)12-2-3-12/h4,6,9-10,12,15H,2-3,5,7-8H2,1H3. The minimum absolute atomic E-state index is 0.623. The van der Waals surface area contributed by atoms with Crippen molar-refractivity contribution in [3.05, 3.63) is 35.9 Å². The minimum atomic E-state index is 0.623. The van der Waals surface area contributed by atoms with E-state index in [9.17, 15) is 0 Å². The summed E-state index contributed by atoms with van der Waals surface area (Å²) in [5.41, 5.74) is 2.21. The fourth-order valence-corrected chi connectivity index (χ4v) is 2.01. The van der Waals surface area contributed by atoms with E-state index in [4.69, 9.17) is 4.74 Å². The van der Waals surface area contributed by atoms with Gasteiger partial charge >= 0.3 is 0 Å². The van der Waals surface area contributed by atoms with E-state index in [1.165, 1.54) is 12.8 Å². The van der Waals surface area contributed by atoms with Crippen molar-refractivity contribution in [3.63, 3.8) is 0 Å². The van der Waals surface area contributed by atoms with Crippen LogP contribution in [0.5, 0.6) is 0 Å². The largest absolute Gasteiger partial charge is 0.383 e. The first-order chi connectivity index (χ1) is 9.86. The van der Waals surface area contributed by atoms with Gasteiger partial charge < -0.3 is 10.1 Å². The van der Waals surface area contributed by atoms with Crippen LogP contribution in [-0.2, 0) is 11.3 Å². The van der Waals surface area contributed by atoms with Gasteiger partial charge in [-0.3, -0.25) is 0 Å². The summed E-state index contributed by atoms with van der Waals surface area (Å²) in [5, 5.41) is 7.78. The SMILES string of the molecule is COCCNCc1cnc(-n2ccc(C3CC3)n2)nc1. The van der Waals surface area contributed by atoms with E-state index in [-0.39, 0.29) is 0 Å². The minimum Gasteiger partial charge on any atom is -0.383 e. The van der Waals surface area contributed by atoms with Crippen LogP contribution in [0.2, 0.25) is 0 Å². The van der Waals surface area contributed by atoms with Gasteiger partial charge in [0.05, 0.1) is 12.3 Å². The Labute approximate surface area is 118 Å². The molecular formula is C14H19N5O. The predicted octanol–water partition coefficient (Wildman–Crippen LogP) is 1.28. The maximum atomic E-state index is 4.98. The van der Waals surface area contributed by atoms with E-state index in [0.29, 0.717) is 18.5 Å². The Hall–Kier alpha value is -1.79. The Balaban J connectivity index is 1.59. The fraction of sp³-hybridized carbons (Fsp3) is 0.500. The van der Waals surface area contributed by atoms with Crippen molar-refractivity contribution in [2.45, 2.75) is 25.3 Å². The molecule has 0 spiro atoms. The van der Waals surface area contributed by atoms with Gasteiger partial charge in [0.25, 0.3) is 0 Å². The molecule has 3 rings (SSSR count). The number of nitrogens with one attached hydrogen (secondary N) is 1. The lowest BCUT2D eigenvalue weighted by Crippen LogP contribution is -2.18. The summed E-state index contributed by atoms with van der Waals surface area (Å²) in [5.74, 6) is 1.28. The molecule has 1 aliphatic rings. The molecule has 0 aliphatic heterocycles. The summed E-state index contributed by atoms with van der Waals surface area (Å²) >= 11 is 0. The van der Waals surface area contributed by atoms with Gasteiger partial charge in [-0.2, -0.15) is 5.10 Å². The molecule has 0 saturated heterocycles. The summed E-state index contributed by atoms with van der Waals surface area (Å²) in [7, 11) is 1.69. The van der Waals surface area contributed by atoms with Gasteiger partial charge in [0.1, 0.15) is 0 Å². The molecule has 2 aromatic heterocycles. The molecule has 1 N–H and O–H groups in total. The molecule has 2 aromatic rings. The first-order valence-electron chi connectivity index (χ1n) is 6.93. The molecule has 106 valence electrons. The Morgan fingerprint density at radius 1 is 1.35 bits per heavy atom. The van der Waals surface area contributed by atoms with E-state index >= 15 is 0 Å². The molecule has 1 saturated carbocycles. The number of nitrogens with zero attached hydrogens (tertiary/aromatic N) is 4. The normalized spacial score (nSPS) is 14.7. The van der Waals surface area contributed by atoms with Crippen LogP contribution in [0.4, 0.5) is 0 Å². The van der Waals surface area contributed by atoms with Crippen LogP contribution < -0.4 is 5.32 Å². The maximum Gasteiger partial charge on any atom is 0.250 e. The zero-order valence-electron chi connectivity index (χ0n) is 11.6. The molecule has 1 aliphatic carbocycles. The van der Waals surface area contributed by atoms with Crippen molar-refractivity contribution in [3.8, 4) is 5.95 Å². The van der Waals surface area contributed by atoms with Crippen LogP contribution in [0.3, 0.4) is 0 Å². The average Bonchev–Trinajstić information content (AvgIpc) is 3.22. The molecule has 6 nitrogen and oxygen atoms in total. The lowest BCUT2D eigenvalue weighted by Gasteiger charge is -2.04. The molecule has 0 radical (unpaired) electrons. The van der Waals surface area contributed by atoms with Crippen LogP contribution >= 0.6 is 0 Å². The smallest absolute Gasteiger partial charge is 0.250 e. The number of methoxy groups -OCH3 is 1. The van der Waals surface area contributed by atoms with Crippen LogP contribution in [0.15, 0.2) is 24.7 Å². The quantitative estimate of drug-likeness (QED) is 0.770. The predicted molar refractivity (Wildman–Crippen MR) is 74.7 cm³/mol. The van der Waals surface area contributed by atoms with Crippen molar-refractivity contribution >= 4 is 0 Å². The second-order valence-corrected chi connectivity index (χ2v) is 5.02. The highest BCUT2D eigenvalue weighted by Crippen LogP contribution is 2.38. The Kier molecular flexibility index (Phi) is 4.03. The first kappa shape index (κ1) is 13.2. The van der Waals surface area contributed by atoms with Gasteiger partial charge in [0.15, 0.2) is 0 Å². The van der Waals surface area contributed by atoms with Gasteiger partial charge in [-0.1, -0.05) is 0 Å². The molecule has 0 aromatic carbocycles.